The van der Waals surface area contributed by atoms with Crippen LogP contribution in [0.1, 0.15) is 12.5 Å². The van der Waals surface area contributed by atoms with Gasteiger partial charge in [-0.25, -0.2) is 0 Å². The monoisotopic (exact) mass is 557 g/mol. The molecule has 0 aliphatic carbocycles. The van der Waals surface area contributed by atoms with Crippen molar-refractivity contribution in [3.63, 3.8) is 0 Å². The molecule has 0 unspecified atom stereocenters. The van der Waals surface area contributed by atoms with Gasteiger partial charge in [0.25, 0.3) is 11.6 Å². The fourth-order valence-corrected chi connectivity index (χ4v) is 4.23. The van der Waals surface area contributed by atoms with Crippen molar-refractivity contribution in [1.29, 1.82) is 5.26 Å². The van der Waals surface area contributed by atoms with E-state index in [9.17, 15) is 28.6 Å². The molecule has 13 heteroatoms. The van der Waals surface area contributed by atoms with Crippen LogP contribution in [-0.2, 0) is 14.9 Å². The summed E-state index contributed by atoms with van der Waals surface area (Å²) in [5.41, 5.74) is -0.343. The molecule has 0 aliphatic rings. The summed E-state index contributed by atoms with van der Waals surface area (Å²) in [5, 5.41) is 22.9. The number of carbonyl (C=O) groups is 1. The summed E-state index contributed by atoms with van der Waals surface area (Å²) in [7, 11) is -2.75. The standard InChI is InChI=1S/C25H20ClN3O8S/c1-3-36-24-13-16(4-11-23(24)37-38(33,34)20-8-6-19(35-2)7-9-20)12-17(15-27)25(30)28-18-5-10-21(26)22(14-18)29(31)32/h4-14H,3H2,1-2H3,(H,28,30)/b17-12+. The summed E-state index contributed by atoms with van der Waals surface area (Å²) in [6.45, 7) is 1.86. The van der Waals surface area contributed by atoms with E-state index in [0.717, 1.165) is 6.07 Å². The lowest BCUT2D eigenvalue weighted by Crippen LogP contribution is -2.13. The molecule has 1 N–H and O–H groups in total. The molecule has 3 rings (SSSR count). The number of carbonyl (C=O) groups excluding carboxylic acids is 1. The maximum Gasteiger partial charge on any atom is 0.339 e. The first-order chi connectivity index (χ1) is 18.1. The summed E-state index contributed by atoms with van der Waals surface area (Å²) in [6.07, 6.45) is 1.24. The SMILES string of the molecule is CCOc1cc(/C=C(\C#N)C(=O)Nc2ccc(Cl)c([N+](=O)[O-])c2)ccc1OS(=O)(=O)c1ccc(OC)cc1. The van der Waals surface area contributed by atoms with Crippen LogP contribution in [0.15, 0.2) is 71.1 Å². The van der Waals surface area contributed by atoms with Crippen LogP contribution in [0.4, 0.5) is 11.4 Å². The number of rotatable bonds is 10. The molecule has 0 saturated heterocycles. The Bertz CT molecular complexity index is 1550. The minimum absolute atomic E-state index is 0.0596. The molecule has 1 amide bonds. The molecule has 0 heterocycles. The van der Waals surface area contributed by atoms with E-state index in [1.807, 2.05) is 0 Å². The zero-order valence-electron chi connectivity index (χ0n) is 20.0. The Morgan fingerprint density at radius 1 is 1.13 bits per heavy atom. The molecule has 3 aromatic rings. The first-order valence-corrected chi connectivity index (χ1v) is 12.6. The third-order valence-electron chi connectivity index (χ3n) is 4.89. The molecule has 3 aromatic carbocycles. The molecule has 11 nitrogen and oxygen atoms in total. The fourth-order valence-electron chi connectivity index (χ4n) is 3.10. The largest absolute Gasteiger partial charge is 0.497 e. The van der Waals surface area contributed by atoms with E-state index < -0.39 is 26.6 Å². The third kappa shape index (κ3) is 6.78. The minimum atomic E-state index is -4.21. The highest BCUT2D eigenvalue weighted by atomic mass is 35.5. The number of benzene rings is 3. The topological polar surface area (TPSA) is 158 Å². The van der Waals surface area contributed by atoms with Crippen molar-refractivity contribution in [3.05, 3.63) is 86.9 Å². The van der Waals surface area contributed by atoms with Crippen LogP contribution in [0.3, 0.4) is 0 Å². The highest BCUT2D eigenvalue weighted by Gasteiger charge is 2.20. The molecule has 0 saturated carbocycles. The van der Waals surface area contributed by atoms with E-state index in [-0.39, 0.29) is 39.3 Å². The fraction of sp³-hybridized carbons (Fsp3) is 0.120. The van der Waals surface area contributed by atoms with Crippen molar-refractivity contribution in [1.82, 2.24) is 0 Å². The van der Waals surface area contributed by atoms with Crippen LogP contribution in [0.5, 0.6) is 17.2 Å². The second kappa shape index (κ2) is 12.1. The summed E-state index contributed by atoms with van der Waals surface area (Å²) in [6, 6.07) is 15.2. The van der Waals surface area contributed by atoms with Crippen LogP contribution >= 0.6 is 11.6 Å². The Hall–Kier alpha value is -4.60. The molecular formula is C25H20ClN3O8S. The van der Waals surface area contributed by atoms with E-state index >= 15 is 0 Å². The zero-order valence-corrected chi connectivity index (χ0v) is 21.6. The van der Waals surface area contributed by atoms with Gasteiger partial charge in [-0.3, -0.25) is 14.9 Å². The summed E-state index contributed by atoms with van der Waals surface area (Å²) in [4.78, 5) is 22.9. The van der Waals surface area contributed by atoms with Crippen LogP contribution in [-0.4, -0.2) is 33.0 Å². The maximum absolute atomic E-state index is 12.7. The number of nitrogens with one attached hydrogen (secondary N) is 1. The number of nitro benzene ring substituents is 1. The highest BCUT2D eigenvalue weighted by molar-refractivity contribution is 7.87. The number of methoxy groups -OCH3 is 1. The van der Waals surface area contributed by atoms with Gasteiger partial charge in [-0.2, -0.15) is 13.7 Å². The molecule has 0 atom stereocenters. The molecule has 0 aromatic heterocycles. The summed E-state index contributed by atoms with van der Waals surface area (Å²) in [5.74, 6) is -0.396. The lowest BCUT2D eigenvalue weighted by Gasteiger charge is -2.13. The Labute approximate surface area is 223 Å². The number of hydrogen-bond acceptors (Lipinski definition) is 9. The molecule has 38 heavy (non-hydrogen) atoms. The molecule has 0 fully saturated rings. The van der Waals surface area contributed by atoms with Crippen molar-refractivity contribution in [2.45, 2.75) is 11.8 Å². The van der Waals surface area contributed by atoms with Gasteiger partial charge in [0.15, 0.2) is 11.5 Å². The Kier molecular flexibility index (Phi) is 8.90. The van der Waals surface area contributed by atoms with E-state index in [1.54, 1.807) is 13.0 Å². The Morgan fingerprint density at radius 3 is 2.45 bits per heavy atom. The second-order valence-corrected chi connectivity index (χ2v) is 9.35. The summed E-state index contributed by atoms with van der Waals surface area (Å²) >= 11 is 5.78. The lowest BCUT2D eigenvalue weighted by molar-refractivity contribution is -0.384. The maximum atomic E-state index is 12.7. The van der Waals surface area contributed by atoms with Gasteiger partial charge < -0.3 is 19.0 Å². The van der Waals surface area contributed by atoms with E-state index in [0.29, 0.717) is 11.3 Å². The number of anilines is 1. The molecule has 0 aliphatic heterocycles. The number of halogens is 1. The van der Waals surface area contributed by atoms with E-state index in [1.165, 1.54) is 67.8 Å². The minimum Gasteiger partial charge on any atom is -0.497 e. The van der Waals surface area contributed by atoms with Gasteiger partial charge in [0.2, 0.25) is 0 Å². The number of nitrogens with zero attached hydrogens (tertiary/aromatic N) is 2. The Morgan fingerprint density at radius 2 is 1.84 bits per heavy atom. The number of nitriles is 1. The molecular weight excluding hydrogens is 538 g/mol. The second-order valence-electron chi connectivity index (χ2n) is 7.40. The third-order valence-corrected chi connectivity index (χ3v) is 6.46. The first kappa shape index (κ1) is 28.0. The Balaban J connectivity index is 1.87. The van der Waals surface area contributed by atoms with Crippen LogP contribution in [0, 0.1) is 21.4 Å². The number of hydrogen-bond donors (Lipinski definition) is 1. The predicted octanol–water partition coefficient (Wildman–Crippen LogP) is 4.97. The van der Waals surface area contributed by atoms with Crippen LogP contribution in [0.25, 0.3) is 6.08 Å². The number of nitro groups is 1. The normalized spacial score (nSPS) is 11.3. The van der Waals surface area contributed by atoms with Gasteiger partial charge in [0.05, 0.1) is 18.6 Å². The first-order valence-electron chi connectivity index (χ1n) is 10.8. The van der Waals surface area contributed by atoms with Gasteiger partial charge in [0, 0.05) is 11.8 Å². The van der Waals surface area contributed by atoms with Crippen molar-refractivity contribution >= 4 is 45.1 Å². The molecule has 0 spiro atoms. The van der Waals surface area contributed by atoms with Gasteiger partial charge in [-0.1, -0.05) is 17.7 Å². The molecule has 0 bridgehead atoms. The van der Waals surface area contributed by atoms with Crippen LogP contribution < -0.4 is 19.0 Å². The van der Waals surface area contributed by atoms with Gasteiger partial charge in [-0.05, 0) is 67.1 Å². The predicted molar refractivity (Wildman–Crippen MR) is 139 cm³/mol. The average molecular weight is 558 g/mol. The highest BCUT2D eigenvalue weighted by Crippen LogP contribution is 2.32. The van der Waals surface area contributed by atoms with Crippen molar-refractivity contribution in [2.24, 2.45) is 0 Å². The van der Waals surface area contributed by atoms with Gasteiger partial charge in [0.1, 0.15) is 27.3 Å². The zero-order chi connectivity index (χ0) is 27.9. The smallest absolute Gasteiger partial charge is 0.339 e. The van der Waals surface area contributed by atoms with Crippen molar-refractivity contribution in [3.8, 4) is 23.3 Å². The van der Waals surface area contributed by atoms with Gasteiger partial charge >= 0.3 is 10.1 Å². The van der Waals surface area contributed by atoms with E-state index in [2.05, 4.69) is 5.32 Å². The number of amides is 1. The summed E-state index contributed by atoms with van der Waals surface area (Å²) < 4.78 is 41.3. The molecule has 0 radical (unpaired) electrons. The lowest BCUT2D eigenvalue weighted by atomic mass is 10.1. The molecule has 196 valence electrons. The van der Waals surface area contributed by atoms with Crippen molar-refractivity contribution in [2.75, 3.05) is 19.0 Å². The van der Waals surface area contributed by atoms with E-state index in [4.69, 9.17) is 25.3 Å². The average Bonchev–Trinajstić information content (AvgIpc) is 2.89. The van der Waals surface area contributed by atoms with Gasteiger partial charge in [-0.15, -0.1) is 0 Å². The number of ether oxygens (including phenoxy) is 2. The van der Waals surface area contributed by atoms with Crippen molar-refractivity contribution < 1.29 is 31.8 Å². The van der Waals surface area contributed by atoms with Crippen LogP contribution in [0.2, 0.25) is 5.02 Å². The quantitative estimate of drug-likeness (QED) is 0.119.